The zero-order chi connectivity index (χ0) is 15.7. The minimum Gasteiger partial charge on any atom is -0.486 e. The van der Waals surface area contributed by atoms with Gasteiger partial charge in [0, 0.05) is 6.42 Å². The highest BCUT2D eigenvalue weighted by Gasteiger charge is 2.51. The number of nitrogens with one attached hydrogen (secondary N) is 2. The minimum atomic E-state index is -1.33. The molecule has 0 spiro atoms. The van der Waals surface area contributed by atoms with Crippen LogP contribution < -0.4 is 20.1 Å². The Labute approximate surface area is 127 Å². The Hall–Kier alpha value is -2.57. The SMILES string of the molecule is CCC1(CC2COc3ccccc3O2)C(=O)NC(=O)NC1=O. The van der Waals surface area contributed by atoms with Crippen molar-refractivity contribution >= 4 is 17.8 Å². The molecule has 2 heterocycles. The molecule has 1 saturated heterocycles. The minimum absolute atomic E-state index is 0.142. The molecule has 1 aromatic carbocycles. The summed E-state index contributed by atoms with van der Waals surface area (Å²) in [5.41, 5.74) is -1.33. The molecule has 116 valence electrons. The molecule has 0 radical (unpaired) electrons. The summed E-state index contributed by atoms with van der Waals surface area (Å²) in [6, 6.07) is 6.43. The third-order valence-corrected chi connectivity index (χ3v) is 4.07. The van der Waals surface area contributed by atoms with Crippen LogP contribution in [0.15, 0.2) is 24.3 Å². The first-order valence-electron chi connectivity index (χ1n) is 7.10. The fourth-order valence-electron chi connectivity index (χ4n) is 2.78. The van der Waals surface area contributed by atoms with Gasteiger partial charge in [-0.15, -0.1) is 0 Å². The van der Waals surface area contributed by atoms with E-state index in [0.717, 1.165) is 0 Å². The fourth-order valence-corrected chi connectivity index (χ4v) is 2.78. The van der Waals surface area contributed by atoms with Crippen LogP contribution in [0.25, 0.3) is 0 Å². The number of benzene rings is 1. The lowest BCUT2D eigenvalue weighted by Crippen LogP contribution is -2.63. The van der Waals surface area contributed by atoms with Crippen LogP contribution in [0, 0.1) is 5.41 Å². The molecule has 2 aliphatic rings. The first-order chi connectivity index (χ1) is 10.5. The number of amides is 4. The number of carbonyl (C=O) groups excluding carboxylic acids is 3. The van der Waals surface area contributed by atoms with Crippen molar-refractivity contribution in [3.8, 4) is 11.5 Å². The molecule has 1 aromatic rings. The number of carbonyl (C=O) groups is 3. The van der Waals surface area contributed by atoms with Gasteiger partial charge in [0.1, 0.15) is 18.1 Å². The molecule has 0 aromatic heterocycles. The second kappa shape index (κ2) is 5.32. The predicted molar refractivity (Wildman–Crippen MR) is 75.4 cm³/mol. The molecule has 22 heavy (non-hydrogen) atoms. The third kappa shape index (κ3) is 2.28. The molecular weight excluding hydrogens is 288 g/mol. The standard InChI is InChI=1S/C15H16N2O5/c1-2-15(12(18)16-14(20)17-13(15)19)7-9-8-21-10-5-3-4-6-11(10)22-9/h3-6,9H,2,7-8H2,1H3,(H2,16,17,18,19,20). The Kier molecular flexibility index (Phi) is 3.48. The van der Waals surface area contributed by atoms with Gasteiger partial charge < -0.3 is 9.47 Å². The van der Waals surface area contributed by atoms with Crippen molar-refractivity contribution in [2.24, 2.45) is 5.41 Å². The summed E-state index contributed by atoms with van der Waals surface area (Å²) >= 11 is 0. The summed E-state index contributed by atoms with van der Waals surface area (Å²) in [6.07, 6.45) is -0.0399. The van der Waals surface area contributed by atoms with E-state index in [0.29, 0.717) is 11.5 Å². The highest BCUT2D eigenvalue weighted by atomic mass is 16.6. The molecule has 2 N–H and O–H groups in total. The molecular formula is C15H16N2O5. The van der Waals surface area contributed by atoms with Crippen molar-refractivity contribution < 1.29 is 23.9 Å². The van der Waals surface area contributed by atoms with E-state index in [-0.39, 0.29) is 19.4 Å². The lowest BCUT2D eigenvalue weighted by molar-refractivity contribution is -0.147. The van der Waals surface area contributed by atoms with Crippen LogP contribution in [0.4, 0.5) is 4.79 Å². The van der Waals surface area contributed by atoms with Crippen molar-refractivity contribution in [3.63, 3.8) is 0 Å². The number of urea groups is 1. The summed E-state index contributed by atoms with van der Waals surface area (Å²) in [4.78, 5) is 35.6. The van der Waals surface area contributed by atoms with Crippen LogP contribution in [-0.4, -0.2) is 30.6 Å². The molecule has 1 fully saturated rings. The average Bonchev–Trinajstić information content (AvgIpc) is 2.51. The van der Waals surface area contributed by atoms with Gasteiger partial charge in [0.2, 0.25) is 11.8 Å². The smallest absolute Gasteiger partial charge is 0.328 e. The zero-order valence-electron chi connectivity index (χ0n) is 12.0. The van der Waals surface area contributed by atoms with Crippen LogP contribution >= 0.6 is 0 Å². The molecule has 1 unspecified atom stereocenters. The summed E-state index contributed by atoms with van der Waals surface area (Å²) in [5.74, 6) is 0.0344. The first-order valence-corrected chi connectivity index (χ1v) is 7.10. The molecule has 0 bridgehead atoms. The molecule has 7 heteroatoms. The quantitative estimate of drug-likeness (QED) is 0.812. The number of rotatable bonds is 3. The van der Waals surface area contributed by atoms with Crippen molar-refractivity contribution in [1.82, 2.24) is 10.6 Å². The monoisotopic (exact) mass is 304 g/mol. The average molecular weight is 304 g/mol. The predicted octanol–water partition coefficient (Wildman–Crippen LogP) is 0.979. The molecule has 3 rings (SSSR count). The van der Waals surface area contributed by atoms with E-state index >= 15 is 0 Å². The number of imide groups is 2. The maximum Gasteiger partial charge on any atom is 0.328 e. The largest absolute Gasteiger partial charge is 0.486 e. The normalized spacial score (nSPS) is 22.8. The van der Waals surface area contributed by atoms with Gasteiger partial charge in [0.15, 0.2) is 11.5 Å². The second-order valence-corrected chi connectivity index (χ2v) is 5.37. The van der Waals surface area contributed by atoms with E-state index < -0.39 is 29.4 Å². The van der Waals surface area contributed by atoms with Gasteiger partial charge in [0.05, 0.1) is 0 Å². The lowest BCUT2D eigenvalue weighted by atomic mass is 9.77. The van der Waals surface area contributed by atoms with Crippen molar-refractivity contribution in [3.05, 3.63) is 24.3 Å². The Morgan fingerprint density at radius 3 is 2.41 bits per heavy atom. The van der Waals surface area contributed by atoms with Gasteiger partial charge in [-0.3, -0.25) is 20.2 Å². The second-order valence-electron chi connectivity index (χ2n) is 5.37. The molecule has 0 aliphatic carbocycles. The topological polar surface area (TPSA) is 93.7 Å². The third-order valence-electron chi connectivity index (χ3n) is 4.07. The van der Waals surface area contributed by atoms with Crippen LogP contribution in [0.2, 0.25) is 0 Å². The van der Waals surface area contributed by atoms with Crippen molar-refractivity contribution in [2.75, 3.05) is 6.61 Å². The van der Waals surface area contributed by atoms with Gasteiger partial charge in [-0.25, -0.2) is 4.79 Å². The van der Waals surface area contributed by atoms with Gasteiger partial charge in [-0.2, -0.15) is 0 Å². The number of barbiturate groups is 1. The van der Waals surface area contributed by atoms with Crippen LogP contribution in [0.1, 0.15) is 19.8 Å². The van der Waals surface area contributed by atoms with E-state index in [4.69, 9.17) is 9.47 Å². The Bertz CT molecular complexity index is 623. The summed E-state index contributed by atoms with van der Waals surface area (Å²) in [6.45, 7) is 1.97. The highest BCUT2D eigenvalue weighted by molar-refractivity contribution is 6.19. The van der Waals surface area contributed by atoms with Crippen molar-refractivity contribution in [1.29, 1.82) is 0 Å². The number of ether oxygens (including phenoxy) is 2. The highest BCUT2D eigenvalue weighted by Crippen LogP contribution is 2.37. The molecule has 1 atom stereocenters. The van der Waals surface area contributed by atoms with Crippen LogP contribution in [0.3, 0.4) is 0 Å². The number of para-hydroxylation sites is 2. The summed E-state index contributed by atoms with van der Waals surface area (Å²) < 4.78 is 11.4. The maximum atomic E-state index is 12.2. The van der Waals surface area contributed by atoms with E-state index in [2.05, 4.69) is 10.6 Å². The maximum absolute atomic E-state index is 12.2. The van der Waals surface area contributed by atoms with Gasteiger partial charge in [-0.1, -0.05) is 19.1 Å². The van der Waals surface area contributed by atoms with Crippen LogP contribution in [0.5, 0.6) is 11.5 Å². The van der Waals surface area contributed by atoms with E-state index in [1.807, 2.05) is 12.1 Å². The fraction of sp³-hybridized carbons (Fsp3) is 0.400. The number of hydrogen-bond acceptors (Lipinski definition) is 5. The van der Waals surface area contributed by atoms with Gasteiger partial charge in [0.25, 0.3) is 0 Å². The zero-order valence-corrected chi connectivity index (χ0v) is 12.0. The molecule has 7 nitrogen and oxygen atoms in total. The first kappa shape index (κ1) is 14.4. The van der Waals surface area contributed by atoms with E-state index in [9.17, 15) is 14.4 Å². The summed E-state index contributed by atoms with van der Waals surface area (Å²) in [5, 5.41) is 4.31. The molecule has 2 aliphatic heterocycles. The Morgan fingerprint density at radius 1 is 1.14 bits per heavy atom. The molecule has 0 saturated carbocycles. The number of fused-ring (bicyclic) bond motifs is 1. The van der Waals surface area contributed by atoms with Gasteiger partial charge in [-0.05, 0) is 18.6 Å². The van der Waals surface area contributed by atoms with E-state index in [1.165, 1.54) is 0 Å². The lowest BCUT2D eigenvalue weighted by Gasteiger charge is -2.37. The number of hydrogen-bond donors (Lipinski definition) is 2. The molecule has 4 amide bonds. The van der Waals surface area contributed by atoms with E-state index in [1.54, 1.807) is 19.1 Å². The Balaban J connectivity index is 1.81. The summed E-state index contributed by atoms with van der Waals surface area (Å²) in [7, 11) is 0. The van der Waals surface area contributed by atoms with Crippen LogP contribution in [-0.2, 0) is 9.59 Å². The van der Waals surface area contributed by atoms with Crippen molar-refractivity contribution in [2.45, 2.75) is 25.9 Å². The Morgan fingerprint density at radius 2 is 1.77 bits per heavy atom. The van der Waals surface area contributed by atoms with Gasteiger partial charge >= 0.3 is 6.03 Å².